The minimum absolute atomic E-state index is 0.0171. The molecule has 3 heteroatoms. The Labute approximate surface area is 144 Å². The average molecular weight is 323 g/mol. The molecule has 1 saturated carbocycles. The molecule has 126 valence electrons. The summed E-state index contributed by atoms with van der Waals surface area (Å²) in [5, 5.41) is 3.13. The third-order valence-corrected chi connectivity index (χ3v) is 4.39. The molecule has 0 radical (unpaired) electrons. The molecular weight excluding hydrogens is 298 g/mol. The Kier molecular flexibility index (Phi) is 6.02. The molecule has 1 atom stereocenters. The Hall–Kier alpha value is -2.13. The van der Waals surface area contributed by atoms with Gasteiger partial charge in [0.1, 0.15) is 6.61 Å². The van der Waals surface area contributed by atoms with E-state index in [1.807, 2.05) is 24.3 Å². The molecule has 0 saturated heterocycles. The second-order valence-corrected chi connectivity index (χ2v) is 6.51. The van der Waals surface area contributed by atoms with Crippen LogP contribution >= 0.6 is 0 Å². The second kappa shape index (κ2) is 8.65. The number of benzene rings is 2. The van der Waals surface area contributed by atoms with Crippen LogP contribution in [0, 0.1) is 5.92 Å². The summed E-state index contributed by atoms with van der Waals surface area (Å²) in [5.41, 5.74) is 2.43. The Bertz CT molecular complexity index is 623. The van der Waals surface area contributed by atoms with Crippen LogP contribution in [0.1, 0.15) is 36.4 Å². The Morgan fingerprint density at radius 3 is 2.38 bits per heavy atom. The molecule has 1 aliphatic carbocycles. The van der Waals surface area contributed by atoms with Crippen LogP contribution in [0.3, 0.4) is 0 Å². The van der Waals surface area contributed by atoms with E-state index in [2.05, 4.69) is 41.7 Å². The van der Waals surface area contributed by atoms with Crippen molar-refractivity contribution in [3.05, 3.63) is 71.8 Å². The summed E-state index contributed by atoms with van der Waals surface area (Å²) in [5.74, 6) is 0.651. The number of hydrogen-bond acceptors (Lipinski definition) is 2. The van der Waals surface area contributed by atoms with Gasteiger partial charge in [0.05, 0.1) is 12.6 Å². The number of carbonyl (C=O) groups excluding carboxylic acids is 1. The van der Waals surface area contributed by atoms with Gasteiger partial charge in [-0.15, -0.1) is 0 Å². The van der Waals surface area contributed by atoms with Crippen LogP contribution < -0.4 is 5.32 Å². The summed E-state index contributed by atoms with van der Waals surface area (Å²) in [6, 6.07) is 20.6. The fraction of sp³-hybridized carbons (Fsp3) is 0.381. The molecule has 24 heavy (non-hydrogen) atoms. The van der Waals surface area contributed by atoms with Crippen LogP contribution in [-0.2, 0) is 16.0 Å². The molecule has 2 aromatic carbocycles. The smallest absolute Gasteiger partial charge is 0.246 e. The molecule has 0 spiro atoms. The van der Waals surface area contributed by atoms with Crippen LogP contribution in [0.2, 0.25) is 0 Å². The zero-order valence-corrected chi connectivity index (χ0v) is 14.0. The third-order valence-electron chi connectivity index (χ3n) is 4.39. The van der Waals surface area contributed by atoms with Gasteiger partial charge in [0.15, 0.2) is 0 Å². The lowest BCUT2D eigenvalue weighted by Crippen LogP contribution is -2.32. The van der Waals surface area contributed by atoms with E-state index in [-0.39, 0.29) is 18.6 Å². The van der Waals surface area contributed by atoms with E-state index in [0.717, 1.165) is 18.4 Å². The van der Waals surface area contributed by atoms with Crippen LogP contribution in [0.15, 0.2) is 60.7 Å². The molecule has 0 aromatic heterocycles. The fourth-order valence-corrected chi connectivity index (χ4v) is 2.80. The maximum atomic E-state index is 12.2. The first-order valence-electron chi connectivity index (χ1n) is 8.77. The van der Waals surface area contributed by atoms with Crippen molar-refractivity contribution in [3.8, 4) is 0 Å². The molecule has 3 rings (SSSR count). The normalized spacial score (nSPS) is 15.0. The van der Waals surface area contributed by atoms with Crippen molar-refractivity contribution in [1.82, 2.24) is 5.32 Å². The molecular formula is C21H25NO2. The molecule has 2 aromatic rings. The van der Waals surface area contributed by atoms with Gasteiger partial charge < -0.3 is 10.1 Å². The van der Waals surface area contributed by atoms with Crippen molar-refractivity contribution in [2.75, 3.05) is 13.2 Å². The summed E-state index contributed by atoms with van der Waals surface area (Å²) in [6.45, 7) is 0.874. The van der Waals surface area contributed by atoms with Crippen molar-refractivity contribution in [3.63, 3.8) is 0 Å². The molecule has 1 fully saturated rings. The first-order valence-corrected chi connectivity index (χ1v) is 8.77. The Morgan fingerprint density at radius 1 is 1.04 bits per heavy atom. The highest BCUT2D eigenvalue weighted by Gasteiger charge is 2.22. The Morgan fingerprint density at radius 2 is 1.71 bits per heavy atom. The van der Waals surface area contributed by atoms with Gasteiger partial charge in [0, 0.05) is 0 Å². The topological polar surface area (TPSA) is 38.3 Å². The zero-order chi connectivity index (χ0) is 16.6. The van der Waals surface area contributed by atoms with Crippen LogP contribution in [-0.4, -0.2) is 19.1 Å². The molecule has 1 amide bonds. The van der Waals surface area contributed by atoms with Crippen LogP contribution in [0.5, 0.6) is 0 Å². The van der Waals surface area contributed by atoms with Crippen molar-refractivity contribution < 1.29 is 9.53 Å². The number of hydrogen-bond donors (Lipinski definition) is 1. The molecule has 1 N–H and O–H groups in total. The maximum Gasteiger partial charge on any atom is 0.246 e. The molecule has 0 unspecified atom stereocenters. The largest absolute Gasteiger partial charge is 0.371 e. The van der Waals surface area contributed by atoms with E-state index in [1.165, 1.54) is 18.4 Å². The fourth-order valence-electron chi connectivity index (χ4n) is 2.80. The highest BCUT2D eigenvalue weighted by Crippen LogP contribution is 2.28. The molecule has 3 nitrogen and oxygen atoms in total. The number of aryl methyl sites for hydroxylation is 1. The van der Waals surface area contributed by atoms with Gasteiger partial charge in [0.2, 0.25) is 5.91 Å². The van der Waals surface area contributed by atoms with Gasteiger partial charge in [-0.05, 0) is 42.7 Å². The first-order chi connectivity index (χ1) is 11.8. The third kappa shape index (κ3) is 5.50. The summed E-state index contributed by atoms with van der Waals surface area (Å²) in [7, 11) is 0. The number of carbonyl (C=O) groups is 1. The minimum atomic E-state index is -0.0300. The number of amides is 1. The van der Waals surface area contributed by atoms with E-state index in [1.54, 1.807) is 0 Å². The second-order valence-electron chi connectivity index (χ2n) is 6.51. The highest BCUT2D eigenvalue weighted by atomic mass is 16.5. The number of ether oxygens (including phenoxy) is 1. The van der Waals surface area contributed by atoms with E-state index < -0.39 is 0 Å². The van der Waals surface area contributed by atoms with Crippen molar-refractivity contribution in [2.24, 2.45) is 5.92 Å². The van der Waals surface area contributed by atoms with Gasteiger partial charge >= 0.3 is 0 Å². The Balaban J connectivity index is 1.55. The lowest BCUT2D eigenvalue weighted by molar-refractivity contribution is -0.126. The average Bonchev–Trinajstić information content (AvgIpc) is 3.44. The lowest BCUT2D eigenvalue weighted by Gasteiger charge is -2.19. The predicted octanol–water partition coefficient (Wildman–Crippen LogP) is 3.90. The molecule has 0 aliphatic heterocycles. The van der Waals surface area contributed by atoms with Crippen molar-refractivity contribution in [1.29, 1.82) is 0 Å². The maximum absolute atomic E-state index is 12.2. The number of nitrogens with one attached hydrogen (secondary N) is 1. The summed E-state index contributed by atoms with van der Waals surface area (Å²) < 4.78 is 5.51. The SMILES string of the molecule is O=C(COCC1CC1)N[C@@H](CCc1ccccc1)c1ccccc1. The highest BCUT2D eigenvalue weighted by molar-refractivity contribution is 5.77. The van der Waals surface area contributed by atoms with E-state index in [0.29, 0.717) is 12.5 Å². The minimum Gasteiger partial charge on any atom is -0.371 e. The first kappa shape index (κ1) is 16.7. The van der Waals surface area contributed by atoms with Gasteiger partial charge in [-0.25, -0.2) is 0 Å². The summed E-state index contributed by atoms with van der Waals surface area (Å²) in [6.07, 6.45) is 4.29. The van der Waals surface area contributed by atoms with Gasteiger partial charge in [-0.1, -0.05) is 60.7 Å². The van der Waals surface area contributed by atoms with E-state index in [9.17, 15) is 4.79 Å². The standard InChI is InChI=1S/C21H25NO2/c23-21(16-24-15-18-11-12-18)22-20(19-9-5-2-6-10-19)14-13-17-7-3-1-4-8-17/h1-10,18,20H,11-16H2,(H,22,23)/t20-/m0/s1. The quantitative estimate of drug-likeness (QED) is 0.760. The molecule has 1 aliphatic rings. The molecule has 0 heterocycles. The van der Waals surface area contributed by atoms with Gasteiger partial charge in [0.25, 0.3) is 0 Å². The predicted molar refractivity (Wildman–Crippen MR) is 95.6 cm³/mol. The summed E-state index contributed by atoms with van der Waals surface area (Å²) >= 11 is 0. The van der Waals surface area contributed by atoms with Crippen LogP contribution in [0.4, 0.5) is 0 Å². The summed E-state index contributed by atoms with van der Waals surface area (Å²) in [4.78, 5) is 12.2. The number of rotatable bonds is 9. The monoisotopic (exact) mass is 323 g/mol. The zero-order valence-electron chi connectivity index (χ0n) is 14.0. The molecule has 0 bridgehead atoms. The van der Waals surface area contributed by atoms with E-state index in [4.69, 9.17) is 4.74 Å². The van der Waals surface area contributed by atoms with Crippen molar-refractivity contribution >= 4 is 5.91 Å². The van der Waals surface area contributed by atoms with Crippen molar-refractivity contribution in [2.45, 2.75) is 31.7 Å². The van der Waals surface area contributed by atoms with Crippen LogP contribution in [0.25, 0.3) is 0 Å². The van der Waals surface area contributed by atoms with Gasteiger partial charge in [-0.3, -0.25) is 4.79 Å². The van der Waals surface area contributed by atoms with Gasteiger partial charge in [-0.2, -0.15) is 0 Å². The van der Waals surface area contributed by atoms with E-state index >= 15 is 0 Å². The lowest BCUT2D eigenvalue weighted by atomic mass is 9.99.